The first kappa shape index (κ1) is 13.2. The predicted octanol–water partition coefficient (Wildman–Crippen LogP) is 1.38. The van der Waals surface area contributed by atoms with E-state index >= 15 is 0 Å². The van der Waals surface area contributed by atoms with E-state index in [0.29, 0.717) is 25.4 Å². The van der Waals surface area contributed by atoms with Crippen LogP contribution in [0.4, 0.5) is 4.79 Å². The van der Waals surface area contributed by atoms with E-state index in [1.165, 1.54) is 0 Å². The van der Waals surface area contributed by atoms with Crippen LogP contribution >= 0.6 is 0 Å². The van der Waals surface area contributed by atoms with Crippen molar-refractivity contribution in [1.29, 1.82) is 0 Å². The van der Waals surface area contributed by atoms with Crippen molar-refractivity contribution in [3.05, 3.63) is 0 Å². The molecule has 0 radical (unpaired) electrons. The quantitative estimate of drug-likeness (QED) is 0.769. The van der Waals surface area contributed by atoms with Gasteiger partial charge in [-0.25, -0.2) is 4.79 Å². The van der Waals surface area contributed by atoms with E-state index in [-0.39, 0.29) is 17.4 Å². The highest BCUT2D eigenvalue weighted by molar-refractivity contribution is 5.78. The zero-order valence-electron chi connectivity index (χ0n) is 11.6. The van der Waals surface area contributed by atoms with Crippen LogP contribution in [-0.2, 0) is 9.53 Å². The summed E-state index contributed by atoms with van der Waals surface area (Å²) < 4.78 is 5.32. The summed E-state index contributed by atoms with van der Waals surface area (Å²) in [5.74, 6) is 0.459. The molecule has 0 aromatic carbocycles. The van der Waals surface area contributed by atoms with Crippen LogP contribution in [0.2, 0.25) is 0 Å². The molecular formula is C13H22N2O3. The van der Waals surface area contributed by atoms with Crippen molar-refractivity contribution < 1.29 is 14.3 Å². The molecule has 0 bridgehead atoms. The van der Waals surface area contributed by atoms with Crippen molar-refractivity contribution >= 4 is 12.0 Å². The first-order chi connectivity index (χ1) is 8.20. The maximum Gasteiger partial charge on any atom is 0.410 e. The fourth-order valence-electron chi connectivity index (χ4n) is 2.64. The molecule has 2 rings (SSSR count). The maximum atomic E-state index is 11.8. The molecule has 2 amide bonds. The van der Waals surface area contributed by atoms with E-state index in [1.807, 2.05) is 20.8 Å². The molecule has 0 aromatic heterocycles. The summed E-state index contributed by atoms with van der Waals surface area (Å²) in [4.78, 5) is 24.8. The standard InChI is InChI=1S/C13H22N2O3/c1-12(2,3)18-11(17)15-7-13(4,8-15)9-5-10(16)14-6-9/h9H,5-8H2,1-4H3,(H,14,16). The molecule has 2 saturated heterocycles. The average molecular weight is 254 g/mol. The largest absolute Gasteiger partial charge is 0.444 e. The molecule has 2 aliphatic heterocycles. The van der Waals surface area contributed by atoms with E-state index in [0.717, 1.165) is 6.54 Å². The summed E-state index contributed by atoms with van der Waals surface area (Å²) in [5.41, 5.74) is -0.399. The number of nitrogens with zero attached hydrogens (tertiary/aromatic N) is 1. The van der Waals surface area contributed by atoms with Crippen LogP contribution in [0.15, 0.2) is 0 Å². The summed E-state index contributed by atoms with van der Waals surface area (Å²) in [6, 6.07) is 0. The van der Waals surface area contributed by atoms with Crippen molar-refractivity contribution in [2.75, 3.05) is 19.6 Å². The number of carbonyl (C=O) groups excluding carboxylic acids is 2. The zero-order chi connectivity index (χ0) is 13.6. The Kier molecular flexibility index (Phi) is 3.03. The molecule has 102 valence electrons. The lowest BCUT2D eigenvalue weighted by Gasteiger charge is -2.50. The van der Waals surface area contributed by atoms with Gasteiger partial charge in [0, 0.05) is 31.5 Å². The van der Waals surface area contributed by atoms with Gasteiger partial charge in [0.15, 0.2) is 0 Å². The molecule has 2 heterocycles. The number of hydrogen-bond acceptors (Lipinski definition) is 3. The minimum absolute atomic E-state index is 0.0517. The van der Waals surface area contributed by atoms with Crippen LogP contribution in [0.5, 0.6) is 0 Å². The molecule has 5 nitrogen and oxygen atoms in total. The van der Waals surface area contributed by atoms with Gasteiger partial charge in [0.05, 0.1) is 0 Å². The Bertz CT molecular complexity index is 367. The van der Waals surface area contributed by atoms with Crippen LogP contribution < -0.4 is 5.32 Å². The highest BCUT2D eigenvalue weighted by atomic mass is 16.6. The van der Waals surface area contributed by atoms with Crippen molar-refractivity contribution in [2.24, 2.45) is 11.3 Å². The van der Waals surface area contributed by atoms with Gasteiger partial charge in [-0.3, -0.25) is 4.79 Å². The van der Waals surface area contributed by atoms with Gasteiger partial charge in [-0.15, -0.1) is 0 Å². The van der Waals surface area contributed by atoms with Gasteiger partial charge < -0.3 is 15.0 Å². The molecule has 2 fully saturated rings. The molecule has 0 spiro atoms. The van der Waals surface area contributed by atoms with Crippen LogP contribution in [0.3, 0.4) is 0 Å². The van der Waals surface area contributed by atoms with E-state index in [2.05, 4.69) is 12.2 Å². The third kappa shape index (κ3) is 2.60. The zero-order valence-corrected chi connectivity index (χ0v) is 11.6. The number of nitrogens with one attached hydrogen (secondary N) is 1. The Labute approximate surface area is 108 Å². The summed E-state index contributed by atoms with van der Waals surface area (Å²) in [6.07, 6.45) is 0.329. The number of rotatable bonds is 1. The van der Waals surface area contributed by atoms with Crippen molar-refractivity contribution in [3.63, 3.8) is 0 Å². The molecule has 1 N–H and O–H groups in total. The molecule has 0 saturated carbocycles. The van der Waals surface area contributed by atoms with Gasteiger partial charge in [-0.05, 0) is 26.7 Å². The minimum Gasteiger partial charge on any atom is -0.444 e. The maximum absolute atomic E-state index is 11.8. The van der Waals surface area contributed by atoms with E-state index < -0.39 is 5.60 Å². The van der Waals surface area contributed by atoms with Crippen molar-refractivity contribution in [1.82, 2.24) is 10.2 Å². The minimum atomic E-state index is -0.450. The van der Waals surface area contributed by atoms with E-state index in [1.54, 1.807) is 4.90 Å². The SMILES string of the molecule is CC(C)(C)OC(=O)N1CC(C)(C2CNC(=O)C2)C1. The van der Waals surface area contributed by atoms with Crippen molar-refractivity contribution in [3.8, 4) is 0 Å². The highest BCUT2D eigenvalue weighted by Gasteiger charge is 2.49. The van der Waals surface area contributed by atoms with E-state index in [9.17, 15) is 9.59 Å². The first-order valence-electron chi connectivity index (χ1n) is 6.44. The molecule has 18 heavy (non-hydrogen) atoms. The van der Waals surface area contributed by atoms with Gasteiger partial charge in [0.2, 0.25) is 5.91 Å². The van der Waals surface area contributed by atoms with Gasteiger partial charge in [0.25, 0.3) is 0 Å². The van der Waals surface area contributed by atoms with Gasteiger partial charge in [0.1, 0.15) is 5.60 Å². The third-order valence-corrected chi connectivity index (χ3v) is 3.72. The molecule has 2 aliphatic rings. The summed E-state index contributed by atoms with van der Waals surface area (Å²) in [7, 11) is 0. The summed E-state index contributed by atoms with van der Waals surface area (Å²) in [6.45, 7) is 9.83. The molecular weight excluding hydrogens is 232 g/mol. The molecule has 0 aromatic rings. The van der Waals surface area contributed by atoms with E-state index in [4.69, 9.17) is 4.74 Å². The third-order valence-electron chi connectivity index (χ3n) is 3.72. The lowest BCUT2D eigenvalue weighted by atomic mass is 9.70. The summed E-state index contributed by atoms with van der Waals surface area (Å²) >= 11 is 0. The lowest BCUT2D eigenvalue weighted by Crippen LogP contribution is -2.61. The molecule has 1 unspecified atom stereocenters. The first-order valence-corrected chi connectivity index (χ1v) is 6.44. The lowest BCUT2D eigenvalue weighted by molar-refractivity contribution is -0.120. The van der Waals surface area contributed by atoms with Crippen LogP contribution in [0.1, 0.15) is 34.1 Å². The van der Waals surface area contributed by atoms with Crippen LogP contribution in [0, 0.1) is 11.3 Å². The Morgan fingerprint density at radius 1 is 1.44 bits per heavy atom. The number of amides is 2. The Morgan fingerprint density at radius 3 is 2.50 bits per heavy atom. The van der Waals surface area contributed by atoms with Gasteiger partial charge in [-0.2, -0.15) is 0 Å². The molecule has 1 atom stereocenters. The van der Waals surface area contributed by atoms with Crippen LogP contribution in [-0.4, -0.2) is 42.1 Å². The second-order valence-electron chi connectivity index (χ2n) is 6.70. The van der Waals surface area contributed by atoms with Crippen molar-refractivity contribution in [2.45, 2.75) is 39.7 Å². The molecule has 5 heteroatoms. The Balaban J connectivity index is 1.86. The van der Waals surface area contributed by atoms with Crippen LogP contribution in [0.25, 0.3) is 0 Å². The number of ether oxygens (including phenoxy) is 1. The fourth-order valence-corrected chi connectivity index (χ4v) is 2.64. The monoisotopic (exact) mass is 254 g/mol. The Hall–Kier alpha value is -1.26. The highest BCUT2D eigenvalue weighted by Crippen LogP contribution is 2.41. The molecule has 0 aliphatic carbocycles. The normalized spacial score (nSPS) is 26.6. The number of likely N-dealkylation sites (tertiary alicyclic amines) is 1. The average Bonchev–Trinajstić information content (AvgIpc) is 2.57. The number of carbonyl (C=O) groups is 2. The second-order valence-corrected chi connectivity index (χ2v) is 6.70. The van der Waals surface area contributed by atoms with Gasteiger partial charge in [-0.1, -0.05) is 6.92 Å². The summed E-state index contributed by atoms with van der Waals surface area (Å²) in [5, 5.41) is 2.85. The topological polar surface area (TPSA) is 58.6 Å². The fraction of sp³-hybridized carbons (Fsp3) is 0.846. The predicted molar refractivity (Wildman–Crippen MR) is 67.0 cm³/mol. The smallest absolute Gasteiger partial charge is 0.410 e. The Morgan fingerprint density at radius 2 is 2.06 bits per heavy atom. The number of hydrogen-bond donors (Lipinski definition) is 1. The van der Waals surface area contributed by atoms with Gasteiger partial charge >= 0.3 is 6.09 Å². The second kappa shape index (κ2) is 4.14.